The van der Waals surface area contributed by atoms with Crippen molar-refractivity contribution in [2.75, 3.05) is 6.54 Å². The SMILES string of the molecule is CCNCc1cccc(Oc2ccc(Cl)c(Cl)c2)n1. The molecule has 100 valence electrons. The van der Waals surface area contributed by atoms with Crippen LogP contribution in [0.5, 0.6) is 11.6 Å². The van der Waals surface area contributed by atoms with Crippen LogP contribution in [0.15, 0.2) is 36.4 Å². The van der Waals surface area contributed by atoms with Crippen molar-refractivity contribution in [2.24, 2.45) is 0 Å². The highest BCUT2D eigenvalue weighted by atomic mass is 35.5. The number of hydrogen-bond acceptors (Lipinski definition) is 3. The molecule has 1 aromatic heterocycles. The average molecular weight is 297 g/mol. The van der Waals surface area contributed by atoms with Gasteiger partial charge in [-0.05, 0) is 24.7 Å². The van der Waals surface area contributed by atoms with Crippen LogP contribution >= 0.6 is 23.2 Å². The number of hydrogen-bond donors (Lipinski definition) is 1. The highest BCUT2D eigenvalue weighted by Gasteiger charge is 2.03. The Morgan fingerprint density at radius 1 is 1.16 bits per heavy atom. The summed E-state index contributed by atoms with van der Waals surface area (Å²) in [6.07, 6.45) is 0. The molecule has 1 heterocycles. The fourth-order valence-corrected chi connectivity index (χ4v) is 1.82. The Morgan fingerprint density at radius 2 is 2.00 bits per heavy atom. The van der Waals surface area contributed by atoms with Gasteiger partial charge in [0.25, 0.3) is 0 Å². The van der Waals surface area contributed by atoms with Crippen LogP contribution in [0.25, 0.3) is 0 Å². The first-order chi connectivity index (χ1) is 9.19. The minimum Gasteiger partial charge on any atom is -0.439 e. The third kappa shape index (κ3) is 4.10. The maximum atomic E-state index is 5.94. The van der Waals surface area contributed by atoms with Gasteiger partial charge in [-0.3, -0.25) is 0 Å². The van der Waals surface area contributed by atoms with Crippen LogP contribution in [-0.2, 0) is 6.54 Å². The Balaban J connectivity index is 2.11. The van der Waals surface area contributed by atoms with E-state index in [1.165, 1.54) is 0 Å². The minimum absolute atomic E-state index is 0.461. The summed E-state index contributed by atoms with van der Waals surface area (Å²) in [6.45, 7) is 3.67. The van der Waals surface area contributed by atoms with Crippen LogP contribution in [-0.4, -0.2) is 11.5 Å². The molecule has 0 radical (unpaired) electrons. The predicted molar refractivity (Wildman–Crippen MR) is 78.2 cm³/mol. The monoisotopic (exact) mass is 296 g/mol. The van der Waals surface area contributed by atoms with E-state index in [1.54, 1.807) is 24.3 Å². The van der Waals surface area contributed by atoms with Crippen molar-refractivity contribution in [3.63, 3.8) is 0 Å². The topological polar surface area (TPSA) is 34.1 Å². The van der Waals surface area contributed by atoms with Gasteiger partial charge in [-0.2, -0.15) is 0 Å². The third-order valence-electron chi connectivity index (χ3n) is 2.45. The number of benzene rings is 1. The van der Waals surface area contributed by atoms with Gasteiger partial charge >= 0.3 is 0 Å². The first kappa shape index (κ1) is 14.1. The molecule has 0 unspecified atom stereocenters. The molecule has 0 atom stereocenters. The third-order valence-corrected chi connectivity index (χ3v) is 3.19. The normalized spacial score (nSPS) is 10.5. The zero-order chi connectivity index (χ0) is 13.7. The summed E-state index contributed by atoms with van der Waals surface area (Å²) in [5, 5.41) is 4.18. The number of pyridine rings is 1. The molecule has 0 saturated heterocycles. The van der Waals surface area contributed by atoms with Crippen molar-refractivity contribution in [2.45, 2.75) is 13.5 Å². The number of halogens is 2. The molecule has 3 nitrogen and oxygen atoms in total. The zero-order valence-electron chi connectivity index (χ0n) is 10.5. The summed E-state index contributed by atoms with van der Waals surface area (Å²) >= 11 is 11.8. The Morgan fingerprint density at radius 3 is 2.74 bits per heavy atom. The molecule has 0 aliphatic carbocycles. The Bertz CT molecular complexity index is 561. The van der Waals surface area contributed by atoms with E-state index in [4.69, 9.17) is 27.9 Å². The second kappa shape index (κ2) is 6.75. The largest absolute Gasteiger partial charge is 0.439 e. The van der Waals surface area contributed by atoms with Gasteiger partial charge in [-0.1, -0.05) is 36.2 Å². The summed E-state index contributed by atoms with van der Waals surface area (Å²) in [5.74, 6) is 1.15. The van der Waals surface area contributed by atoms with Gasteiger partial charge in [0.05, 0.1) is 15.7 Å². The van der Waals surface area contributed by atoms with E-state index in [2.05, 4.69) is 17.2 Å². The Labute approximate surface area is 122 Å². The number of aromatic nitrogens is 1. The molecule has 0 aliphatic rings. The van der Waals surface area contributed by atoms with Gasteiger partial charge in [0.1, 0.15) is 5.75 Å². The number of ether oxygens (including phenoxy) is 1. The molecule has 0 spiro atoms. The predicted octanol–water partition coefficient (Wildman–Crippen LogP) is 4.29. The maximum Gasteiger partial charge on any atom is 0.219 e. The summed E-state index contributed by atoms with van der Waals surface area (Å²) < 4.78 is 5.65. The lowest BCUT2D eigenvalue weighted by atomic mass is 10.3. The van der Waals surface area contributed by atoms with Crippen molar-refractivity contribution in [1.82, 2.24) is 10.3 Å². The molecule has 1 N–H and O–H groups in total. The second-order valence-electron chi connectivity index (χ2n) is 3.93. The number of nitrogens with zero attached hydrogens (tertiary/aromatic N) is 1. The molecular weight excluding hydrogens is 283 g/mol. The van der Waals surface area contributed by atoms with Gasteiger partial charge in [-0.15, -0.1) is 0 Å². The van der Waals surface area contributed by atoms with Gasteiger partial charge in [-0.25, -0.2) is 4.98 Å². The van der Waals surface area contributed by atoms with E-state index < -0.39 is 0 Å². The molecule has 2 aromatic rings. The van der Waals surface area contributed by atoms with E-state index in [9.17, 15) is 0 Å². The summed E-state index contributed by atoms with van der Waals surface area (Å²) in [4.78, 5) is 4.40. The first-order valence-electron chi connectivity index (χ1n) is 5.98. The highest BCUT2D eigenvalue weighted by molar-refractivity contribution is 6.42. The minimum atomic E-state index is 0.461. The van der Waals surface area contributed by atoms with Crippen molar-refractivity contribution in [3.05, 3.63) is 52.1 Å². The lowest BCUT2D eigenvalue weighted by Gasteiger charge is -2.07. The van der Waals surface area contributed by atoms with Crippen molar-refractivity contribution < 1.29 is 4.74 Å². The second-order valence-corrected chi connectivity index (χ2v) is 4.74. The molecule has 0 bridgehead atoms. The molecule has 0 amide bonds. The quantitative estimate of drug-likeness (QED) is 0.894. The molecule has 0 saturated carbocycles. The maximum absolute atomic E-state index is 5.94. The lowest BCUT2D eigenvalue weighted by molar-refractivity contribution is 0.459. The molecule has 19 heavy (non-hydrogen) atoms. The Kier molecular flexibility index (Phi) is 5.02. The van der Waals surface area contributed by atoms with Crippen molar-refractivity contribution >= 4 is 23.2 Å². The van der Waals surface area contributed by atoms with Gasteiger partial charge in [0.15, 0.2) is 0 Å². The lowest BCUT2D eigenvalue weighted by Crippen LogP contribution is -2.12. The Hall–Kier alpha value is -1.29. The van der Waals surface area contributed by atoms with Crippen molar-refractivity contribution in [3.8, 4) is 11.6 Å². The van der Waals surface area contributed by atoms with E-state index in [1.807, 2.05) is 12.1 Å². The van der Waals surface area contributed by atoms with Crippen molar-refractivity contribution in [1.29, 1.82) is 0 Å². The highest BCUT2D eigenvalue weighted by Crippen LogP contribution is 2.28. The standard InChI is InChI=1S/C14H14Cl2N2O/c1-2-17-9-10-4-3-5-14(18-10)19-11-6-7-12(15)13(16)8-11/h3-8,17H,2,9H2,1H3. The van der Waals surface area contributed by atoms with Crippen LogP contribution in [0.1, 0.15) is 12.6 Å². The fraction of sp³-hybridized carbons (Fsp3) is 0.214. The number of nitrogens with one attached hydrogen (secondary N) is 1. The molecule has 5 heteroatoms. The first-order valence-corrected chi connectivity index (χ1v) is 6.74. The van der Waals surface area contributed by atoms with E-state index in [-0.39, 0.29) is 0 Å². The molecule has 1 aromatic carbocycles. The molecule has 0 aliphatic heterocycles. The average Bonchev–Trinajstić information content (AvgIpc) is 2.41. The van der Waals surface area contributed by atoms with Crippen LogP contribution in [0.2, 0.25) is 10.0 Å². The zero-order valence-corrected chi connectivity index (χ0v) is 12.0. The molecule has 2 rings (SSSR count). The van der Waals surface area contributed by atoms with Crippen LogP contribution in [0, 0.1) is 0 Å². The summed E-state index contributed by atoms with van der Waals surface area (Å²) in [7, 11) is 0. The molecular formula is C14H14Cl2N2O. The van der Waals surface area contributed by atoms with Crippen LogP contribution in [0.4, 0.5) is 0 Å². The van der Waals surface area contributed by atoms with Gasteiger partial charge < -0.3 is 10.1 Å². The number of rotatable bonds is 5. The summed E-state index contributed by atoms with van der Waals surface area (Å²) in [6, 6.07) is 10.8. The summed E-state index contributed by atoms with van der Waals surface area (Å²) in [5.41, 5.74) is 0.930. The van der Waals surface area contributed by atoms with Gasteiger partial charge in [0, 0.05) is 18.7 Å². The smallest absolute Gasteiger partial charge is 0.219 e. The van der Waals surface area contributed by atoms with Gasteiger partial charge in [0.2, 0.25) is 5.88 Å². The van der Waals surface area contributed by atoms with Crippen LogP contribution < -0.4 is 10.1 Å². The fourth-order valence-electron chi connectivity index (χ4n) is 1.53. The van der Waals surface area contributed by atoms with E-state index >= 15 is 0 Å². The molecule has 0 fully saturated rings. The van der Waals surface area contributed by atoms with E-state index in [0.717, 1.165) is 18.8 Å². The van der Waals surface area contributed by atoms with Crippen LogP contribution in [0.3, 0.4) is 0 Å². The van der Waals surface area contributed by atoms with E-state index in [0.29, 0.717) is 21.7 Å².